The van der Waals surface area contributed by atoms with Gasteiger partial charge in [0.2, 0.25) is 0 Å². The van der Waals surface area contributed by atoms with Crippen LogP contribution in [-0.4, -0.2) is 7.11 Å². The van der Waals surface area contributed by atoms with E-state index in [1.165, 1.54) is 16.8 Å². The third-order valence-electron chi connectivity index (χ3n) is 4.82. The van der Waals surface area contributed by atoms with E-state index in [9.17, 15) is 0 Å². The number of nitrogens with one attached hydrogen (secondary N) is 1. The summed E-state index contributed by atoms with van der Waals surface area (Å²) < 4.78 is 6.72. The van der Waals surface area contributed by atoms with Crippen LogP contribution in [0.5, 0.6) is 5.75 Å². The van der Waals surface area contributed by atoms with E-state index in [1.807, 2.05) is 12.1 Å². The Labute approximate surface area is 139 Å². The summed E-state index contributed by atoms with van der Waals surface area (Å²) >= 11 is 3.70. The predicted octanol–water partition coefficient (Wildman–Crippen LogP) is 5.28. The molecule has 1 N–H and O–H groups in total. The van der Waals surface area contributed by atoms with Crippen LogP contribution < -0.4 is 10.1 Å². The summed E-state index contributed by atoms with van der Waals surface area (Å²) in [5.74, 6) is 1.97. The van der Waals surface area contributed by atoms with Crippen molar-refractivity contribution in [1.29, 1.82) is 0 Å². The first-order valence-corrected chi connectivity index (χ1v) is 8.43. The van der Waals surface area contributed by atoms with Crippen LogP contribution in [0.15, 0.2) is 59.1 Å². The molecule has 4 rings (SSSR count). The lowest BCUT2D eigenvalue weighted by molar-refractivity contribution is 0.381. The molecule has 22 heavy (non-hydrogen) atoms. The average Bonchev–Trinajstić information content (AvgIpc) is 3.04. The summed E-state index contributed by atoms with van der Waals surface area (Å²) in [6.45, 7) is 0. The number of para-hydroxylation sites is 2. The fourth-order valence-corrected chi connectivity index (χ4v) is 4.31. The number of rotatable bonds is 2. The zero-order chi connectivity index (χ0) is 15.1. The first-order valence-electron chi connectivity index (χ1n) is 7.64. The highest BCUT2D eigenvalue weighted by Crippen LogP contribution is 2.52. The molecule has 0 bridgehead atoms. The highest BCUT2D eigenvalue weighted by atomic mass is 79.9. The summed E-state index contributed by atoms with van der Waals surface area (Å²) in [6.07, 6.45) is 5.78. The van der Waals surface area contributed by atoms with Gasteiger partial charge in [-0.3, -0.25) is 0 Å². The molecule has 2 aliphatic rings. The molecule has 0 radical (unpaired) electrons. The summed E-state index contributed by atoms with van der Waals surface area (Å²) in [5.41, 5.74) is 3.84. The standard InChI is InChI=1S/C19H18BrNO/c1-22-17-11-3-2-6-15(17)18-13-8-4-7-12(13)14-9-5-10-16(20)19(14)21-18/h2-7,9-13,18,21H,8H2,1H3. The topological polar surface area (TPSA) is 21.3 Å². The maximum absolute atomic E-state index is 5.59. The zero-order valence-corrected chi connectivity index (χ0v) is 14.0. The number of methoxy groups -OCH3 is 1. The van der Waals surface area contributed by atoms with E-state index in [0.29, 0.717) is 11.8 Å². The number of halogens is 1. The largest absolute Gasteiger partial charge is 0.496 e. The quantitative estimate of drug-likeness (QED) is 0.739. The van der Waals surface area contributed by atoms with E-state index in [2.05, 4.69) is 63.7 Å². The smallest absolute Gasteiger partial charge is 0.124 e. The van der Waals surface area contributed by atoms with Crippen LogP contribution in [0, 0.1) is 5.92 Å². The average molecular weight is 356 g/mol. The van der Waals surface area contributed by atoms with Gasteiger partial charge < -0.3 is 10.1 Å². The van der Waals surface area contributed by atoms with Gasteiger partial charge in [-0.25, -0.2) is 0 Å². The maximum Gasteiger partial charge on any atom is 0.124 e. The van der Waals surface area contributed by atoms with Crippen molar-refractivity contribution in [2.45, 2.75) is 18.4 Å². The molecule has 3 atom stereocenters. The molecule has 3 heteroatoms. The van der Waals surface area contributed by atoms with E-state index < -0.39 is 0 Å². The first-order chi connectivity index (χ1) is 10.8. The summed E-state index contributed by atoms with van der Waals surface area (Å²) in [4.78, 5) is 0. The lowest BCUT2D eigenvalue weighted by atomic mass is 9.77. The predicted molar refractivity (Wildman–Crippen MR) is 93.5 cm³/mol. The lowest BCUT2D eigenvalue weighted by Crippen LogP contribution is -2.29. The van der Waals surface area contributed by atoms with Gasteiger partial charge >= 0.3 is 0 Å². The van der Waals surface area contributed by atoms with Crippen molar-refractivity contribution < 1.29 is 4.74 Å². The third kappa shape index (κ3) is 2.07. The minimum atomic E-state index is 0.266. The van der Waals surface area contributed by atoms with Crippen molar-refractivity contribution in [2.75, 3.05) is 12.4 Å². The molecule has 2 nitrogen and oxygen atoms in total. The number of hydrogen-bond acceptors (Lipinski definition) is 2. The first kappa shape index (κ1) is 13.9. The number of fused-ring (bicyclic) bond motifs is 3. The van der Waals surface area contributed by atoms with Gasteiger partial charge in [0.05, 0.1) is 18.8 Å². The van der Waals surface area contributed by atoms with Gasteiger partial charge in [-0.1, -0.05) is 42.5 Å². The maximum atomic E-state index is 5.59. The summed E-state index contributed by atoms with van der Waals surface area (Å²) in [5, 5.41) is 3.76. The number of allylic oxidation sites excluding steroid dienone is 2. The van der Waals surface area contributed by atoms with Gasteiger partial charge in [0.15, 0.2) is 0 Å². The van der Waals surface area contributed by atoms with Gasteiger partial charge in [-0.2, -0.15) is 0 Å². The minimum Gasteiger partial charge on any atom is -0.496 e. The van der Waals surface area contributed by atoms with Crippen LogP contribution in [0.1, 0.15) is 29.5 Å². The molecule has 0 amide bonds. The molecule has 0 aromatic heterocycles. The van der Waals surface area contributed by atoms with Crippen LogP contribution in [0.4, 0.5) is 5.69 Å². The molecule has 0 fully saturated rings. The van der Waals surface area contributed by atoms with Crippen LogP contribution in [0.2, 0.25) is 0 Å². The van der Waals surface area contributed by atoms with Crippen molar-refractivity contribution in [3.8, 4) is 5.75 Å². The fourth-order valence-electron chi connectivity index (χ4n) is 3.81. The molecule has 0 saturated heterocycles. The second-order valence-corrected chi connectivity index (χ2v) is 6.78. The molecule has 2 aromatic rings. The molecule has 1 aliphatic heterocycles. The Morgan fingerprint density at radius 2 is 1.91 bits per heavy atom. The Morgan fingerprint density at radius 3 is 2.77 bits per heavy atom. The van der Waals surface area contributed by atoms with E-state index in [0.717, 1.165) is 16.6 Å². The van der Waals surface area contributed by atoms with Gasteiger partial charge in [-0.15, -0.1) is 0 Å². The molecular weight excluding hydrogens is 338 g/mol. The molecule has 112 valence electrons. The van der Waals surface area contributed by atoms with Gasteiger partial charge in [-0.05, 0) is 46.0 Å². The van der Waals surface area contributed by atoms with E-state index in [-0.39, 0.29) is 6.04 Å². The zero-order valence-electron chi connectivity index (χ0n) is 12.4. The van der Waals surface area contributed by atoms with Crippen molar-refractivity contribution in [3.63, 3.8) is 0 Å². The van der Waals surface area contributed by atoms with Crippen molar-refractivity contribution in [2.24, 2.45) is 5.92 Å². The SMILES string of the molecule is COc1ccccc1C1Nc2c(Br)cccc2C2C=CCC21. The monoisotopic (exact) mass is 355 g/mol. The van der Waals surface area contributed by atoms with Crippen molar-refractivity contribution in [1.82, 2.24) is 0 Å². The fraction of sp³-hybridized carbons (Fsp3) is 0.263. The number of benzene rings is 2. The number of ether oxygens (including phenoxy) is 1. The Hall–Kier alpha value is -1.74. The lowest BCUT2D eigenvalue weighted by Gasteiger charge is -2.38. The van der Waals surface area contributed by atoms with Crippen molar-refractivity contribution in [3.05, 3.63) is 70.2 Å². The molecular formula is C19H18BrNO. The molecule has 0 spiro atoms. The third-order valence-corrected chi connectivity index (χ3v) is 5.48. The Balaban J connectivity index is 1.84. The summed E-state index contributed by atoms with van der Waals surface area (Å²) in [6, 6.07) is 15.1. The molecule has 2 aromatic carbocycles. The summed E-state index contributed by atoms with van der Waals surface area (Å²) in [7, 11) is 1.75. The number of anilines is 1. The highest BCUT2D eigenvalue weighted by Gasteiger charge is 2.39. The van der Waals surface area contributed by atoms with Gasteiger partial charge in [0.25, 0.3) is 0 Å². The van der Waals surface area contributed by atoms with E-state index >= 15 is 0 Å². The second kappa shape index (κ2) is 5.47. The van der Waals surface area contributed by atoms with Crippen LogP contribution >= 0.6 is 15.9 Å². The number of hydrogen-bond donors (Lipinski definition) is 1. The van der Waals surface area contributed by atoms with E-state index in [4.69, 9.17) is 4.74 Å². The Bertz CT molecular complexity index is 740. The van der Waals surface area contributed by atoms with Crippen LogP contribution in [0.25, 0.3) is 0 Å². The molecule has 1 heterocycles. The van der Waals surface area contributed by atoms with Crippen LogP contribution in [0.3, 0.4) is 0 Å². The minimum absolute atomic E-state index is 0.266. The molecule has 3 unspecified atom stereocenters. The normalized spacial score (nSPS) is 25.3. The Kier molecular flexibility index (Phi) is 3.45. The molecule has 0 saturated carbocycles. The van der Waals surface area contributed by atoms with E-state index in [1.54, 1.807) is 7.11 Å². The van der Waals surface area contributed by atoms with Crippen LogP contribution in [-0.2, 0) is 0 Å². The second-order valence-electron chi connectivity index (χ2n) is 5.92. The Morgan fingerprint density at radius 1 is 1.09 bits per heavy atom. The molecule has 1 aliphatic carbocycles. The highest BCUT2D eigenvalue weighted by molar-refractivity contribution is 9.10. The van der Waals surface area contributed by atoms with Crippen molar-refractivity contribution >= 4 is 21.6 Å². The van der Waals surface area contributed by atoms with Gasteiger partial charge in [0.1, 0.15) is 5.75 Å². The van der Waals surface area contributed by atoms with Gasteiger partial charge in [0, 0.05) is 16.0 Å².